The van der Waals surface area contributed by atoms with Crippen molar-refractivity contribution < 1.29 is 4.43 Å². The van der Waals surface area contributed by atoms with E-state index in [2.05, 4.69) is 26.5 Å². The number of unbranched alkanes of at least 4 members (excludes halogenated alkanes) is 3. The van der Waals surface area contributed by atoms with Crippen LogP contribution in [0.1, 0.15) is 39.5 Å². The molecule has 0 spiro atoms. The molecule has 0 aliphatic rings. The SMILES string of the molecule is CCCCCCO[SiH](CC)CCS. The van der Waals surface area contributed by atoms with Crippen molar-refractivity contribution in [2.75, 3.05) is 12.4 Å². The van der Waals surface area contributed by atoms with Gasteiger partial charge < -0.3 is 4.43 Å². The first kappa shape index (κ1) is 13.5. The molecule has 13 heavy (non-hydrogen) atoms. The molecule has 0 fully saturated rings. The van der Waals surface area contributed by atoms with Crippen LogP contribution in [0.5, 0.6) is 0 Å². The van der Waals surface area contributed by atoms with Crippen LogP contribution in [-0.2, 0) is 4.43 Å². The first-order valence-electron chi connectivity index (χ1n) is 5.57. The molecule has 0 aliphatic heterocycles. The van der Waals surface area contributed by atoms with Gasteiger partial charge in [-0.1, -0.05) is 33.1 Å². The average molecular weight is 220 g/mol. The maximum absolute atomic E-state index is 5.87. The minimum atomic E-state index is -0.841. The summed E-state index contributed by atoms with van der Waals surface area (Å²) in [4.78, 5) is 0. The summed E-state index contributed by atoms with van der Waals surface area (Å²) in [5, 5.41) is 0. The fourth-order valence-corrected chi connectivity index (χ4v) is 3.79. The first-order valence-corrected chi connectivity index (χ1v) is 8.31. The summed E-state index contributed by atoms with van der Waals surface area (Å²) in [6.07, 6.45) is 5.26. The van der Waals surface area contributed by atoms with Gasteiger partial charge in [0.1, 0.15) is 0 Å². The molecule has 0 aromatic rings. The van der Waals surface area contributed by atoms with Crippen LogP contribution in [0.4, 0.5) is 0 Å². The van der Waals surface area contributed by atoms with E-state index < -0.39 is 9.04 Å². The van der Waals surface area contributed by atoms with Crippen molar-refractivity contribution in [3.8, 4) is 0 Å². The molecular weight excluding hydrogens is 196 g/mol. The zero-order valence-electron chi connectivity index (χ0n) is 9.09. The molecule has 80 valence electrons. The molecule has 0 rings (SSSR count). The molecule has 0 aromatic carbocycles. The van der Waals surface area contributed by atoms with E-state index in [9.17, 15) is 0 Å². The van der Waals surface area contributed by atoms with E-state index in [4.69, 9.17) is 4.43 Å². The molecular formula is C10H24OSSi. The van der Waals surface area contributed by atoms with Crippen LogP contribution >= 0.6 is 12.6 Å². The predicted octanol–water partition coefficient (Wildman–Crippen LogP) is 3.26. The van der Waals surface area contributed by atoms with Crippen LogP contribution in [0.2, 0.25) is 12.1 Å². The molecule has 0 aliphatic carbocycles. The Morgan fingerprint density at radius 2 is 1.92 bits per heavy atom. The van der Waals surface area contributed by atoms with E-state index in [1.54, 1.807) is 0 Å². The highest BCUT2D eigenvalue weighted by molar-refractivity contribution is 7.80. The van der Waals surface area contributed by atoms with Crippen LogP contribution in [0.3, 0.4) is 0 Å². The lowest BCUT2D eigenvalue weighted by Gasteiger charge is -2.12. The van der Waals surface area contributed by atoms with E-state index in [-0.39, 0.29) is 0 Å². The van der Waals surface area contributed by atoms with E-state index in [1.807, 2.05) is 0 Å². The summed E-state index contributed by atoms with van der Waals surface area (Å²) < 4.78 is 5.87. The van der Waals surface area contributed by atoms with Crippen molar-refractivity contribution in [3.63, 3.8) is 0 Å². The van der Waals surface area contributed by atoms with Gasteiger partial charge in [0.05, 0.1) is 0 Å². The summed E-state index contributed by atoms with van der Waals surface area (Å²) in [5.74, 6) is 1.000. The van der Waals surface area contributed by atoms with Crippen molar-refractivity contribution in [2.24, 2.45) is 0 Å². The Morgan fingerprint density at radius 3 is 2.46 bits per heavy atom. The highest BCUT2D eigenvalue weighted by Gasteiger charge is 2.06. The quantitative estimate of drug-likeness (QED) is 0.356. The van der Waals surface area contributed by atoms with E-state index in [1.165, 1.54) is 37.8 Å². The van der Waals surface area contributed by atoms with Crippen molar-refractivity contribution >= 4 is 21.7 Å². The third-order valence-electron chi connectivity index (χ3n) is 2.26. The van der Waals surface area contributed by atoms with Gasteiger partial charge in [-0.25, -0.2) is 0 Å². The molecule has 0 heterocycles. The zero-order valence-corrected chi connectivity index (χ0v) is 11.1. The summed E-state index contributed by atoms with van der Waals surface area (Å²) in [6.45, 7) is 5.48. The molecule has 1 unspecified atom stereocenters. The molecule has 1 atom stereocenters. The number of hydrogen-bond donors (Lipinski definition) is 1. The highest BCUT2D eigenvalue weighted by Crippen LogP contribution is 2.05. The van der Waals surface area contributed by atoms with E-state index in [0.717, 1.165) is 12.4 Å². The molecule has 0 aromatic heterocycles. The molecule has 0 N–H and O–H groups in total. The second kappa shape index (κ2) is 10.6. The second-order valence-corrected chi connectivity index (χ2v) is 6.89. The van der Waals surface area contributed by atoms with Gasteiger partial charge in [-0.3, -0.25) is 0 Å². The lowest BCUT2D eigenvalue weighted by Crippen LogP contribution is -2.17. The third-order valence-corrected chi connectivity index (χ3v) is 5.55. The van der Waals surface area contributed by atoms with E-state index >= 15 is 0 Å². The summed E-state index contributed by atoms with van der Waals surface area (Å²) >= 11 is 4.25. The first-order chi connectivity index (χ1) is 6.35. The van der Waals surface area contributed by atoms with Gasteiger partial charge in [-0.05, 0) is 24.3 Å². The standard InChI is InChI=1S/C10H24OSSi/c1-3-5-6-7-8-11-13(4-2)10-9-12/h12-13H,3-10H2,1-2H3. The highest BCUT2D eigenvalue weighted by atomic mass is 32.1. The maximum Gasteiger partial charge on any atom is 0.177 e. The maximum atomic E-state index is 5.87. The van der Waals surface area contributed by atoms with Crippen molar-refractivity contribution in [1.82, 2.24) is 0 Å². The van der Waals surface area contributed by atoms with Gasteiger partial charge in [0, 0.05) is 6.61 Å². The predicted molar refractivity (Wildman–Crippen MR) is 66.4 cm³/mol. The Morgan fingerprint density at radius 1 is 1.15 bits per heavy atom. The Kier molecular flexibility index (Phi) is 11.0. The Balaban J connectivity index is 3.17. The second-order valence-electron chi connectivity index (χ2n) is 3.47. The van der Waals surface area contributed by atoms with Crippen LogP contribution in [0.15, 0.2) is 0 Å². The third kappa shape index (κ3) is 8.85. The fraction of sp³-hybridized carbons (Fsp3) is 1.00. The van der Waals surface area contributed by atoms with Crippen molar-refractivity contribution in [2.45, 2.75) is 51.6 Å². The van der Waals surface area contributed by atoms with Gasteiger partial charge in [-0.15, -0.1) is 0 Å². The van der Waals surface area contributed by atoms with Gasteiger partial charge >= 0.3 is 0 Å². The van der Waals surface area contributed by atoms with Crippen LogP contribution < -0.4 is 0 Å². The molecule has 0 saturated heterocycles. The zero-order chi connectivity index (χ0) is 9.94. The molecule has 0 bridgehead atoms. The summed E-state index contributed by atoms with van der Waals surface area (Å²) in [6, 6.07) is 2.49. The molecule has 3 heteroatoms. The Labute approximate surface area is 90.4 Å². The molecule has 1 nitrogen and oxygen atoms in total. The molecule has 0 saturated carbocycles. The normalized spacial score (nSPS) is 13.2. The number of rotatable bonds is 9. The lowest BCUT2D eigenvalue weighted by atomic mass is 10.2. The number of hydrogen-bond acceptors (Lipinski definition) is 2. The van der Waals surface area contributed by atoms with Gasteiger partial charge in [-0.2, -0.15) is 12.6 Å². The lowest BCUT2D eigenvalue weighted by molar-refractivity contribution is 0.306. The van der Waals surface area contributed by atoms with Crippen LogP contribution in [-0.4, -0.2) is 21.4 Å². The average Bonchev–Trinajstić information content (AvgIpc) is 2.16. The topological polar surface area (TPSA) is 9.23 Å². The minimum absolute atomic E-state index is 0.841. The van der Waals surface area contributed by atoms with Gasteiger partial charge in [0.2, 0.25) is 0 Å². The van der Waals surface area contributed by atoms with Gasteiger partial charge in [0.25, 0.3) is 0 Å². The van der Waals surface area contributed by atoms with Gasteiger partial charge in [0.15, 0.2) is 9.04 Å². The van der Waals surface area contributed by atoms with E-state index in [0.29, 0.717) is 0 Å². The Hall–Kier alpha value is 0.527. The number of thiol groups is 1. The van der Waals surface area contributed by atoms with Crippen LogP contribution in [0.25, 0.3) is 0 Å². The van der Waals surface area contributed by atoms with Crippen molar-refractivity contribution in [3.05, 3.63) is 0 Å². The summed E-state index contributed by atoms with van der Waals surface area (Å²) in [7, 11) is -0.841. The molecule has 0 amide bonds. The minimum Gasteiger partial charge on any atom is -0.420 e. The van der Waals surface area contributed by atoms with Crippen molar-refractivity contribution in [1.29, 1.82) is 0 Å². The fourth-order valence-electron chi connectivity index (χ4n) is 1.33. The Bertz CT molecular complexity index is 101. The smallest absolute Gasteiger partial charge is 0.177 e. The molecule has 0 radical (unpaired) electrons. The monoisotopic (exact) mass is 220 g/mol. The summed E-state index contributed by atoms with van der Waals surface area (Å²) in [5.41, 5.74) is 0. The largest absolute Gasteiger partial charge is 0.420 e. The van der Waals surface area contributed by atoms with Crippen LogP contribution in [0, 0.1) is 0 Å².